The number of esters is 1. The molecule has 27 heavy (non-hydrogen) atoms. The summed E-state index contributed by atoms with van der Waals surface area (Å²) in [5, 5.41) is 0.449. The van der Waals surface area contributed by atoms with E-state index in [0.29, 0.717) is 16.4 Å². The lowest BCUT2D eigenvalue weighted by Gasteiger charge is -2.21. The van der Waals surface area contributed by atoms with E-state index in [-0.39, 0.29) is 30.0 Å². The summed E-state index contributed by atoms with van der Waals surface area (Å²) < 4.78 is 6.88. The van der Waals surface area contributed by atoms with E-state index in [1.165, 1.54) is 16.7 Å². The van der Waals surface area contributed by atoms with Crippen molar-refractivity contribution in [3.05, 3.63) is 81.4 Å². The topological polar surface area (TPSA) is 60.7 Å². The maximum atomic E-state index is 12.8. The molecule has 0 fully saturated rings. The van der Waals surface area contributed by atoms with Gasteiger partial charge < -0.3 is 4.74 Å². The number of hydrogen-bond acceptors (Lipinski definition) is 4. The molecular weight excluding hydrogens is 364 g/mol. The second-order valence-electron chi connectivity index (χ2n) is 6.54. The Labute approximate surface area is 162 Å². The lowest BCUT2D eigenvalue weighted by atomic mass is 9.86. The first kappa shape index (κ1) is 19.1. The minimum absolute atomic E-state index is 0.0486. The highest BCUT2D eigenvalue weighted by atomic mass is 35.5. The molecule has 0 saturated heterocycles. The van der Waals surface area contributed by atoms with Crippen molar-refractivity contribution in [2.75, 3.05) is 0 Å². The van der Waals surface area contributed by atoms with Gasteiger partial charge in [0.15, 0.2) is 0 Å². The van der Waals surface area contributed by atoms with Gasteiger partial charge in [-0.2, -0.15) is 0 Å². The summed E-state index contributed by atoms with van der Waals surface area (Å²) in [6, 6.07) is 14.3. The smallest absolute Gasteiger partial charge is 0.314 e. The van der Waals surface area contributed by atoms with E-state index in [0.717, 1.165) is 12.0 Å². The van der Waals surface area contributed by atoms with Crippen LogP contribution in [-0.2, 0) is 16.1 Å². The number of ether oxygens (including phenoxy) is 1. The highest BCUT2D eigenvalue weighted by Gasteiger charge is 2.27. The summed E-state index contributed by atoms with van der Waals surface area (Å²) in [4.78, 5) is 29.4. The molecule has 2 heterocycles. The van der Waals surface area contributed by atoms with Crippen molar-refractivity contribution in [1.29, 1.82) is 0 Å². The maximum absolute atomic E-state index is 12.8. The van der Waals surface area contributed by atoms with E-state index in [9.17, 15) is 9.59 Å². The third-order valence-corrected chi connectivity index (χ3v) is 4.89. The largest absolute Gasteiger partial charge is 0.459 e. The Hall–Kier alpha value is -2.66. The number of rotatable bonds is 6. The Morgan fingerprint density at radius 3 is 2.67 bits per heavy atom. The highest BCUT2D eigenvalue weighted by molar-refractivity contribution is 6.30. The summed E-state index contributed by atoms with van der Waals surface area (Å²) in [5.74, 6) is -0.526. The molecule has 5 nitrogen and oxygen atoms in total. The van der Waals surface area contributed by atoms with Crippen LogP contribution in [0.3, 0.4) is 0 Å². The fourth-order valence-electron chi connectivity index (χ4n) is 3.03. The van der Waals surface area contributed by atoms with Crippen molar-refractivity contribution >= 4 is 23.2 Å². The van der Waals surface area contributed by atoms with Crippen molar-refractivity contribution in [3.63, 3.8) is 0 Å². The summed E-state index contributed by atoms with van der Waals surface area (Å²) in [6.45, 7) is 4.03. The predicted molar refractivity (Wildman–Crippen MR) is 105 cm³/mol. The van der Waals surface area contributed by atoms with E-state index in [1.807, 2.05) is 44.2 Å². The van der Waals surface area contributed by atoms with Gasteiger partial charge >= 0.3 is 5.97 Å². The zero-order chi connectivity index (χ0) is 19.4. The Morgan fingerprint density at radius 2 is 1.96 bits per heavy atom. The third kappa shape index (κ3) is 4.37. The van der Waals surface area contributed by atoms with Crippen LogP contribution in [-0.4, -0.2) is 15.4 Å². The molecular formula is C21H21ClN2O3. The maximum Gasteiger partial charge on any atom is 0.314 e. The van der Waals surface area contributed by atoms with Gasteiger partial charge in [-0.3, -0.25) is 14.0 Å². The Balaban J connectivity index is 1.80. The second kappa shape index (κ2) is 8.35. The van der Waals surface area contributed by atoms with Crippen molar-refractivity contribution in [1.82, 2.24) is 9.38 Å². The molecule has 2 aromatic heterocycles. The van der Waals surface area contributed by atoms with Gasteiger partial charge in [-0.25, -0.2) is 4.98 Å². The molecule has 1 aromatic carbocycles. The molecule has 140 valence electrons. The van der Waals surface area contributed by atoms with Crippen molar-refractivity contribution in [3.8, 4) is 0 Å². The number of halogens is 1. The molecule has 0 saturated carbocycles. The minimum Gasteiger partial charge on any atom is -0.459 e. The van der Waals surface area contributed by atoms with E-state index in [1.54, 1.807) is 12.1 Å². The summed E-state index contributed by atoms with van der Waals surface area (Å²) >= 11 is 5.91. The van der Waals surface area contributed by atoms with Gasteiger partial charge in [0.05, 0.1) is 16.6 Å². The SMILES string of the molecule is CC[C@@H](C)[C@@H](C(=O)OCc1cc(=O)n2cc(Cl)ccc2n1)c1ccccc1. The minimum atomic E-state index is -0.350. The van der Waals surface area contributed by atoms with Gasteiger partial charge in [-0.15, -0.1) is 0 Å². The van der Waals surface area contributed by atoms with Crippen molar-refractivity contribution < 1.29 is 9.53 Å². The third-order valence-electron chi connectivity index (χ3n) is 4.66. The monoisotopic (exact) mass is 384 g/mol. The number of nitrogens with zero attached hydrogens (tertiary/aromatic N) is 2. The van der Waals surface area contributed by atoms with Crippen LogP contribution in [0.5, 0.6) is 0 Å². The number of aromatic nitrogens is 2. The highest BCUT2D eigenvalue weighted by Crippen LogP contribution is 2.28. The average Bonchev–Trinajstić information content (AvgIpc) is 2.68. The van der Waals surface area contributed by atoms with Crippen molar-refractivity contribution in [2.24, 2.45) is 5.92 Å². The molecule has 3 rings (SSSR count). The molecule has 6 heteroatoms. The molecule has 0 unspecified atom stereocenters. The van der Waals surface area contributed by atoms with E-state index >= 15 is 0 Å². The predicted octanol–water partition coefficient (Wildman–Crippen LogP) is 4.22. The van der Waals surface area contributed by atoms with E-state index in [4.69, 9.17) is 16.3 Å². The molecule has 3 aromatic rings. The van der Waals surface area contributed by atoms with Gasteiger partial charge in [0, 0.05) is 12.3 Å². The van der Waals surface area contributed by atoms with Crippen LogP contribution in [0.2, 0.25) is 5.02 Å². The quantitative estimate of drug-likeness (QED) is 0.597. The average molecular weight is 385 g/mol. The molecule has 2 atom stereocenters. The van der Waals surface area contributed by atoms with Crippen LogP contribution in [0, 0.1) is 5.92 Å². The molecule has 0 spiro atoms. The summed E-state index contributed by atoms with van der Waals surface area (Å²) in [7, 11) is 0. The van der Waals surface area contributed by atoms with Gasteiger partial charge in [0.2, 0.25) is 0 Å². The number of hydrogen-bond donors (Lipinski definition) is 0. The van der Waals surface area contributed by atoms with Gasteiger partial charge in [-0.1, -0.05) is 62.2 Å². The normalized spacial score (nSPS) is 13.3. The van der Waals surface area contributed by atoms with Crippen LogP contribution in [0.25, 0.3) is 5.65 Å². The molecule has 0 aliphatic heterocycles. The standard InChI is InChI=1S/C21H21ClN2O3/c1-3-14(2)20(15-7-5-4-6-8-15)21(26)27-13-17-11-19(25)24-12-16(22)9-10-18(24)23-17/h4-12,14,20H,3,13H2,1-2H3/t14-,20-/m1/s1. The van der Waals surface area contributed by atoms with Gasteiger partial charge in [-0.05, 0) is 23.6 Å². The fraction of sp³-hybridized carbons (Fsp3) is 0.286. The number of pyridine rings is 1. The summed E-state index contributed by atoms with van der Waals surface area (Å²) in [6.07, 6.45) is 2.36. The molecule has 0 aliphatic rings. The number of carbonyl (C=O) groups is 1. The van der Waals surface area contributed by atoms with E-state index in [2.05, 4.69) is 4.98 Å². The molecule has 0 bridgehead atoms. The van der Waals surface area contributed by atoms with Gasteiger partial charge in [0.1, 0.15) is 12.3 Å². The number of benzene rings is 1. The number of fused-ring (bicyclic) bond motifs is 1. The first-order valence-corrected chi connectivity index (χ1v) is 9.26. The Kier molecular flexibility index (Phi) is 5.91. The lowest BCUT2D eigenvalue weighted by molar-refractivity contribution is -0.148. The first-order valence-electron chi connectivity index (χ1n) is 8.89. The second-order valence-corrected chi connectivity index (χ2v) is 6.98. The summed E-state index contributed by atoms with van der Waals surface area (Å²) in [5.41, 5.74) is 1.53. The van der Waals surface area contributed by atoms with Crippen LogP contribution in [0.4, 0.5) is 0 Å². The first-order chi connectivity index (χ1) is 13.0. The number of carbonyl (C=O) groups excluding carboxylic acids is 1. The van der Waals surface area contributed by atoms with Crippen LogP contribution >= 0.6 is 11.6 Å². The fourth-order valence-corrected chi connectivity index (χ4v) is 3.19. The molecule has 0 amide bonds. The van der Waals surface area contributed by atoms with Gasteiger partial charge in [0.25, 0.3) is 5.56 Å². The molecule has 0 N–H and O–H groups in total. The molecule has 0 radical (unpaired) electrons. The van der Waals surface area contributed by atoms with Crippen LogP contribution in [0.15, 0.2) is 59.5 Å². The Morgan fingerprint density at radius 1 is 1.22 bits per heavy atom. The zero-order valence-corrected chi connectivity index (χ0v) is 16.0. The van der Waals surface area contributed by atoms with Crippen LogP contribution < -0.4 is 5.56 Å². The lowest BCUT2D eigenvalue weighted by Crippen LogP contribution is -2.23. The zero-order valence-electron chi connectivity index (χ0n) is 15.3. The van der Waals surface area contributed by atoms with E-state index < -0.39 is 0 Å². The Bertz CT molecular complexity index is 1000. The molecule has 0 aliphatic carbocycles. The van der Waals surface area contributed by atoms with Crippen molar-refractivity contribution in [2.45, 2.75) is 32.8 Å². The van der Waals surface area contributed by atoms with Crippen LogP contribution in [0.1, 0.15) is 37.4 Å².